The molecule has 0 spiro atoms. The smallest absolute Gasteiger partial charge is 0.119 e. The lowest BCUT2D eigenvalue weighted by atomic mass is 10.2. The number of aliphatic hydroxyl groups excluding tert-OH is 1. The SMILES string of the molecule is CC(NCC(O)COc1ccc(Cl)cc1)c1ccsc1. The van der Waals surface area contributed by atoms with Crippen LogP contribution >= 0.6 is 22.9 Å². The first-order chi connectivity index (χ1) is 9.65. The largest absolute Gasteiger partial charge is 0.491 e. The summed E-state index contributed by atoms with van der Waals surface area (Å²) in [5.74, 6) is 0.708. The van der Waals surface area contributed by atoms with Crippen LogP contribution in [-0.2, 0) is 0 Å². The van der Waals surface area contributed by atoms with Crippen molar-refractivity contribution in [2.45, 2.75) is 19.1 Å². The van der Waals surface area contributed by atoms with Crippen LogP contribution in [-0.4, -0.2) is 24.4 Å². The van der Waals surface area contributed by atoms with Gasteiger partial charge in [0.15, 0.2) is 0 Å². The van der Waals surface area contributed by atoms with E-state index < -0.39 is 6.10 Å². The Labute approximate surface area is 128 Å². The lowest BCUT2D eigenvalue weighted by Crippen LogP contribution is -2.32. The van der Waals surface area contributed by atoms with E-state index in [1.807, 2.05) is 5.38 Å². The van der Waals surface area contributed by atoms with Crippen LogP contribution in [0.4, 0.5) is 0 Å². The summed E-state index contributed by atoms with van der Waals surface area (Å²) < 4.78 is 5.50. The number of hydrogen-bond donors (Lipinski definition) is 2. The minimum atomic E-state index is -0.549. The summed E-state index contributed by atoms with van der Waals surface area (Å²) >= 11 is 7.47. The van der Waals surface area contributed by atoms with Gasteiger partial charge in [0.2, 0.25) is 0 Å². The number of ether oxygens (including phenoxy) is 1. The van der Waals surface area contributed by atoms with E-state index in [1.165, 1.54) is 5.56 Å². The Morgan fingerprint density at radius 2 is 2.05 bits per heavy atom. The molecule has 0 radical (unpaired) electrons. The van der Waals surface area contributed by atoms with E-state index in [0.29, 0.717) is 17.3 Å². The first kappa shape index (κ1) is 15.3. The molecule has 0 aliphatic rings. The van der Waals surface area contributed by atoms with Crippen LogP contribution in [0.3, 0.4) is 0 Å². The van der Waals surface area contributed by atoms with Crippen molar-refractivity contribution in [3.05, 3.63) is 51.7 Å². The Morgan fingerprint density at radius 3 is 2.70 bits per heavy atom. The van der Waals surface area contributed by atoms with Crippen LogP contribution < -0.4 is 10.1 Å². The van der Waals surface area contributed by atoms with Crippen molar-refractivity contribution in [2.24, 2.45) is 0 Å². The molecule has 0 aliphatic heterocycles. The van der Waals surface area contributed by atoms with Crippen molar-refractivity contribution in [1.29, 1.82) is 0 Å². The summed E-state index contributed by atoms with van der Waals surface area (Å²) in [6, 6.07) is 9.41. The van der Waals surface area contributed by atoms with E-state index in [0.717, 1.165) is 0 Å². The molecule has 2 atom stereocenters. The highest BCUT2D eigenvalue weighted by molar-refractivity contribution is 7.07. The highest BCUT2D eigenvalue weighted by Gasteiger charge is 2.09. The van der Waals surface area contributed by atoms with Crippen molar-refractivity contribution >= 4 is 22.9 Å². The summed E-state index contributed by atoms with van der Waals surface area (Å²) in [7, 11) is 0. The van der Waals surface area contributed by atoms with E-state index in [1.54, 1.807) is 35.6 Å². The summed E-state index contributed by atoms with van der Waals surface area (Å²) in [5, 5.41) is 18.0. The molecule has 2 N–H and O–H groups in total. The molecule has 0 saturated heterocycles. The molecule has 2 unspecified atom stereocenters. The Balaban J connectivity index is 1.70. The predicted molar refractivity (Wildman–Crippen MR) is 83.7 cm³/mol. The molecule has 1 aromatic carbocycles. The lowest BCUT2D eigenvalue weighted by molar-refractivity contribution is 0.104. The van der Waals surface area contributed by atoms with Gasteiger partial charge in [0.1, 0.15) is 18.5 Å². The van der Waals surface area contributed by atoms with Gasteiger partial charge in [-0.2, -0.15) is 11.3 Å². The molecule has 0 amide bonds. The van der Waals surface area contributed by atoms with Crippen molar-refractivity contribution in [3.63, 3.8) is 0 Å². The monoisotopic (exact) mass is 311 g/mol. The maximum absolute atomic E-state index is 9.90. The molecule has 1 aromatic heterocycles. The Hall–Kier alpha value is -1.07. The van der Waals surface area contributed by atoms with Gasteiger partial charge in [0.25, 0.3) is 0 Å². The van der Waals surface area contributed by atoms with Crippen LogP contribution in [0, 0.1) is 0 Å². The molecule has 108 valence electrons. The van der Waals surface area contributed by atoms with Crippen LogP contribution in [0.5, 0.6) is 5.75 Å². The van der Waals surface area contributed by atoms with E-state index in [-0.39, 0.29) is 12.6 Å². The number of hydrogen-bond acceptors (Lipinski definition) is 4. The molecule has 1 heterocycles. The van der Waals surface area contributed by atoms with Crippen LogP contribution in [0.25, 0.3) is 0 Å². The van der Waals surface area contributed by atoms with E-state index in [2.05, 4.69) is 23.7 Å². The van der Waals surface area contributed by atoms with Gasteiger partial charge in [-0.3, -0.25) is 0 Å². The lowest BCUT2D eigenvalue weighted by Gasteiger charge is -2.17. The molecule has 20 heavy (non-hydrogen) atoms. The van der Waals surface area contributed by atoms with E-state index in [4.69, 9.17) is 16.3 Å². The van der Waals surface area contributed by atoms with Gasteiger partial charge >= 0.3 is 0 Å². The summed E-state index contributed by atoms with van der Waals surface area (Å²) in [6.45, 7) is 2.82. The van der Waals surface area contributed by atoms with Gasteiger partial charge in [-0.1, -0.05) is 11.6 Å². The number of rotatable bonds is 7. The molecule has 0 aliphatic carbocycles. The molecule has 2 aromatic rings. The third kappa shape index (κ3) is 4.80. The molecule has 0 fully saturated rings. The van der Waals surface area contributed by atoms with E-state index in [9.17, 15) is 5.11 Å². The van der Waals surface area contributed by atoms with Crippen molar-refractivity contribution in [1.82, 2.24) is 5.32 Å². The van der Waals surface area contributed by atoms with Gasteiger partial charge in [-0.15, -0.1) is 0 Å². The zero-order chi connectivity index (χ0) is 14.4. The second kappa shape index (κ2) is 7.64. The summed E-state index contributed by atoms with van der Waals surface area (Å²) in [5.41, 5.74) is 1.24. The average molecular weight is 312 g/mol. The number of benzene rings is 1. The number of nitrogens with one attached hydrogen (secondary N) is 1. The fourth-order valence-electron chi connectivity index (χ4n) is 1.73. The Kier molecular flexibility index (Phi) is 5.86. The third-order valence-electron chi connectivity index (χ3n) is 2.96. The molecule has 0 bridgehead atoms. The second-order valence-corrected chi connectivity index (χ2v) is 5.82. The first-order valence-electron chi connectivity index (χ1n) is 6.47. The van der Waals surface area contributed by atoms with Crippen molar-refractivity contribution < 1.29 is 9.84 Å². The maximum atomic E-state index is 9.90. The molecule has 5 heteroatoms. The molecule has 2 rings (SSSR count). The number of thiophene rings is 1. The van der Waals surface area contributed by atoms with Crippen molar-refractivity contribution in [3.8, 4) is 5.75 Å². The second-order valence-electron chi connectivity index (χ2n) is 4.61. The highest BCUT2D eigenvalue weighted by Crippen LogP contribution is 2.16. The Bertz CT molecular complexity index is 501. The highest BCUT2D eigenvalue weighted by atomic mass is 35.5. The van der Waals surface area contributed by atoms with Gasteiger partial charge in [-0.05, 0) is 53.6 Å². The van der Waals surface area contributed by atoms with Gasteiger partial charge in [0, 0.05) is 17.6 Å². The van der Waals surface area contributed by atoms with Crippen LogP contribution in [0.15, 0.2) is 41.1 Å². The van der Waals surface area contributed by atoms with E-state index >= 15 is 0 Å². The topological polar surface area (TPSA) is 41.5 Å². The quantitative estimate of drug-likeness (QED) is 0.822. The zero-order valence-electron chi connectivity index (χ0n) is 11.3. The summed E-state index contributed by atoms with van der Waals surface area (Å²) in [4.78, 5) is 0. The number of halogens is 1. The standard InChI is InChI=1S/C15H18ClNO2S/c1-11(12-6-7-20-10-12)17-8-14(18)9-19-15-4-2-13(16)3-5-15/h2-7,10-11,14,17-18H,8-9H2,1H3. The maximum Gasteiger partial charge on any atom is 0.119 e. The minimum Gasteiger partial charge on any atom is -0.491 e. The average Bonchev–Trinajstić information content (AvgIpc) is 2.98. The zero-order valence-corrected chi connectivity index (χ0v) is 12.8. The first-order valence-corrected chi connectivity index (χ1v) is 7.79. The molecule has 0 saturated carbocycles. The Morgan fingerprint density at radius 1 is 1.30 bits per heavy atom. The summed E-state index contributed by atoms with van der Waals surface area (Å²) in [6.07, 6.45) is -0.549. The van der Waals surface area contributed by atoms with Crippen molar-refractivity contribution in [2.75, 3.05) is 13.2 Å². The fourth-order valence-corrected chi connectivity index (χ4v) is 2.61. The predicted octanol–water partition coefficient (Wildman–Crippen LogP) is 3.49. The molecular weight excluding hydrogens is 294 g/mol. The molecule has 3 nitrogen and oxygen atoms in total. The van der Waals surface area contributed by atoms with Crippen LogP contribution in [0.2, 0.25) is 5.02 Å². The fraction of sp³-hybridized carbons (Fsp3) is 0.333. The van der Waals surface area contributed by atoms with Gasteiger partial charge in [0.05, 0.1) is 0 Å². The van der Waals surface area contributed by atoms with Gasteiger partial charge < -0.3 is 15.2 Å². The van der Waals surface area contributed by atoms with Crippen LogP contribution in [0.1, 0.15) is 18.5 Å². The normalized spacial score (nSPS) is 13.9. The van der Waals surface area contributed by atoms with Gasteiger partial charge in [-0.25, -0.2) is 0 Å². The minimum absolute atomic E-state index is 0.228. The third-order valence-corrected chi connectivity index (χ3v) is 3.91. The molecular formula is C15H18ClNO2S. The number of aliphatic hydroxyl groups is 1.